The lowest BCUT2D eigenvalue weighted by Gasteiger charge is -2.36. The van der Waals surface area contributed by atoms with E-state index in [0.29, 0.717) is 22.7 Å². The summed E-state index contributed by atoms with van der Waals surface area (Å²) in [5, 5.41) is 8.81. The second kappa shape index (κ2) is 4.60. The summed E-state index contributed by atoms with van der Waals surface area (Å²) in [6.07, 6.45) is 4.94. The fourth-order valence-corrected chi connectivity index (χ4v) is 3.16. The number of rotatable bonds is 2. The van der Waals surface area contributed by atoms with Crippen molar-refractivity contribution in [2.45, 2.75) is 65.3 Å². The van der Waals surface area contributed by atoms with Crippen LogP contribution in [0.2, 0.25) is 5.28 Å². The molecule has 1 aromatic rings. The number of nitrogens with zero attached hydrogens (tertiary/aromatic N) is 3. The molecule has 1 aliphatic carbocycles. The first-order chi connectivity index (χ1) is 7.91. The standard InChI is InChI=1S/C13H22ClN3/c1-9(2)11-15-16-12(14)17(11)10-6-5-7-13(3,4)8-10/h9-10H,5-8H2,1-4H3. The maximum Gasteiger partial charge on any atom is 0.225 e. The molecule has 1 fully saturated rings. The van der Waals surface area contributed by atoms with Crippen LogP contribution in [0.1, 0.15) is 71.2 Å². The van der Waals surface area contributed by atoms with Crippen LogP contribution in [0.15, 0.2) is 0 Å². The average Bonchev–Trinajstić information content (AvgIpc) is 2.58. The predicted molar refractivity (Wildman–Crippen MR) is 70.4 cm³/mol. The third-order valence-electron chi connectivity index (χ3n) is 3.74. The molecule has 0 aliphatic heterocycles. The number of aromatic nitrogens is 3. The lowest BCUT2D eigenvalue weighted by atomic mass is 9.75. The summed E-state index contributed by atoms with van der Waals surface area (Å²) in [5.41, 5.74) is 0.408. The first kappa shape index (κ1) is 12.9. The van der Waals surface area contributed by atoms with Crippen LogP contribution < -0.4 is 0 Å². The predicted octanol–water partition coefficient (Wildman–Crippen LogP) is 4.20. The molecule has 0 amide bonds. The molecule has 1 aliphatic rings. The summed E-state index contributed by atoms with van der Waals surface area (Å²) in [6, 6.07) is 0.471. The monoisotopic (exact) mass is 255 g/mol. The largest absolute Gasteiger partial charge is 0.298 e. The molecule has 17 heavy (non-hydrogen) atoms. The smallest absolute Gasteiger partial charge is 0.225 e. The normalized spacial score (nSPS) is 24.2. The van der Waals surface area contributed by atoms with Crippen LogP contribution in [0.3, 0.4) is 0 Å². The van der Waals surface area contributed by atoms with E-state index in [1.54, 1.807) is 0 Å². The summed E-state index contributed by atoms with van der Waals surface area (Å²) in [4.78, 5) is 0. The zero-order valence-electron chi connectivity index (χ0n) is 11.2. The van der Waals surface area contributed by atoms with Crippen molar-refractivity contribution in [3.05, 3.63) is 11.1 Å². The van der Waals surface area contributed by atoms with Crippen molar-refractivity contribution in [1.82, 2.24) is 14.8 Å². The minimum Gasteiger partial charge on any atom is -0.298 e. The fourth-order valence-electron chi connectivity index (χ4n) is 2.89. The van der Waals surface area contributed by atoms with Crippen molar-refractivity contribution in [2.24, 2.45) is 5.41 Å². The third kappa shape index (κ3) is 2.65. The quantitative estimate of drug-likeness (QED) is 0.793. The van der Waals surface area contributed by atoms with Crippen molar-refractivity contribution >= 4 is 11.6 Å². The van der Waals surface area contributed by atoms with Gasteiger partial charge in [-0.15, -0.1) is 10.2 Å². The van der Waals surface area contributed by atoms with Crippen LogP contribution in [0.5, 0.6) is 0 Å². The second-order valence-electron chi connectivity index (χ2n) is 6.27. The van der Waals surface area contributed by atoms with E-state index in [4.69, 9.17) is 11.6 Å². The van der Waals surface area contributed by atoms with E-state index >= 15 is 0 Å². The molecule has 1 saturated carbocycles. The molecule has 0 spiro atoms. The maximum absolute atomic E-state index is 6.20. The van der Waals surface area contributed by atoms with Crippen molar-refractivity contribution in [3.63, 3.8) is 0 Å². The Kier molecular flexibility index (Phi) is 3.48. The van der Waals surface area contributed by atoms with Gasteiger partial charge in [0, 0.05) is 12.0 Å². The van der Waals surface area contributed by atoms with Crippen LogP contribution in [-0.2, 0) is 0 Å². The molecule has 4 heteroatoms. The average molecular weight is 256 g/mol. The molecule has 0 saturated heterocycles. The molecule has 0 aromatic carbocycles. The van der Waals surface area contributed by atoms with Gasteiger partial charge in [0.2, 0.25) is 5.28 Å². The van der Waals surface area contributed by atoms with E-state index in [0.717, 1.165) is 5.82 Å². The zero-order chi connectivity index (χ0) is 12.6. The van der Waals surface area contributed by atoms with Crippen LogP contribution in [-0.4, -0.2) is 14.8 Å². The SMILES string of the molecule is CC(C)c1nnc(Cl)n1C1CCCC(C)(C)C1. The highest BCUT2D eigenvalue weighted by molar-refractivity contribution is 6.28. The summed E-state index contributed by atoms with van der Waals surface area (Å²) in [6.45, 7) is 8.97. The highest BCUT2D eigenvalue weighted by atomic mass is 35.5. The Morgan fingerprint density at radius 1 is 1.35 bits per heavy atom. The fraction of sp³-hybridized carbons (Fsp3) is 0.846. The highest BCUT2D eigenvalue weighted by Crippen LogP contribution is 2.42. The Labute approximate surface area is 109 Å². The Morgan fingerprint density at radius 2 is 2.06 bits per heavy atom. The molecule has 0 radical (unpaired) electrons. The number of hydrogen-bond acceptors (Lipinski definition) is 2. The van der Waals surface area contributed by atoms with E-state index in [2.05, 4.69) is 42.5 Å². The van der Waals surface area contributed by atoms with Gasteiger partial charge in [-0.3, -0.25) is 4.57 Å². The zero-order valence-corrected chi connectivity index (χ0v) is 12.0. The van der Waals surface area contributed by atoms with Crippen molar-refractivity contribution in [1.29, 1.82) is 0 Å². The number of halogens is 1. The maximum atomic E-state index is 6.20. The summed E-state index contributed by atoms with van der Waals surface area (Å²) >= 11 is 6.20. The lowest BCUT2D eigenvalue weighted by Crippen LogP contribution is -2.26. The molecule has 1 heterocycles. The molecule has 0 bridgehead atoms. The Balaban J connectivity index is 2.30. The molecule has 2 rings (SSSR count). The highest BCUT2D eigenvalue weighted by Gasteiger charge is 2.31. The molecular weight excluding hydrogens is 234 g/mol. The van der Waals surface area contributed by atoms with Gasteiger partial charge in [0.25, 0.3) is 0 Å². The van der Waals surface area contributed by atoms with Gasteiger partial charge in [-0.2, -0.15) is 0 Å². The minimum absolute atomic E-state index is 0.375. The van der Waals surface area contributed by atoms with Gasteiger partial charge in [0.05, 0.1) is 0 Å². The summed E-state index contributed by atoms with van der Waals surface area (Å²) in [7, 11) is 0. The van der Waals surface area contributed by atoms with E-state index in [1.165, 1.54) is 25.7 Å². The van der Waals surface area contributed by atoms with E-state index < -0.39 is 0 Å². The Bertz CT molecular complexity index is 395. The van der Waals surface area contributed by atoms with E-state index in [9.17, 15) is 0 Å². The molecule has 3 nitrogen and oxygen atoms in total. The Hall–Kier alpha value is -0.570. The Morgan fingerprint density at radius 3 is 2.65 bits per heavy atom. The topological polar surface area (TPSA) is 30.7 Å². The van der Waals surface area contributed by atoms with Gasteiger partial charge in [-0.05, 0) is 36.3 Å². The van der Waals surface area contributed by atoms with Crippen molar-refractivity contribution < 1.29 is 0 Å². The molecule has 0 N–H and O–H groups in total. The van der Waals surface area contributed by atoms with Gasteiger partial charge in [0.15, 0.2) is 0 Å². The van der Waals surface area contributed by atoms with Gasteiger partial charge in [-0.25, -0.2) is 0 Å². The molecule has 1 unspecified atom stereocenters. The molecule has 96 valence electrons. The second-order valence-corrected chi connectivity index (χ2v) is 6.60. The van der Waals surface area contributed by atoms with Crippen molar-refractivity contribution in [2.75, 3.05) is 0 Å². The summed E-state index contributed by atoms with van der Waals surface area (Å²) in [5.74, 6) is 1.40. The third-order valence-corrected chi connectivity index (χ3v) is 4.00. The van der Waals surface area contributed by atoms with Crippen LogP contribution in [0.25, 0.3) is 0 Å². The van der Waals surface area contributed by atoms with Gasteiger partial charge in [0.1, 0.15) is 5.82 Å². The molecule has 1 atom stereocenters. The number of hydrogen-bond donors (Lipinski definition) is 0. The van der Waals surface area contributed by atoms with E-state index in [1.807, 2.05) is 0 Å². The first-order valence-electron chi connectivity index (χ1n) is 6.51. The first-order valence-corrected chi connectivity index (χ1v) is 6.89. The van der Waals surface area contributed by atoms with E-state index in [-0.39, 0.29) is 0 Å². The van der Waals surface area contributed by atoms with Crippen LogP contribution in [0.4, 0.5) is 0 Å². The van der Waals surface area contributed by atoms with Crippen LogP contribution >= 0.6 is 11.6 Å². The lowest BCUT2D eigenvalue weighted by molar-refractivity contribution is 0.180. The summed E-state index contributed by atoms with van der Waals surface area (Å²) < 4.78 is 2.16. The van der Waals surface area contributed by atoms with Crippen LogP contribution in [0, 0.1) is 5.41 Å². The van der Waals surface area contributed by atoms with Gasteiger partial charge < -0.3 is 0 Å². The molecule has 1 aromatic heterocycles. The minimum atomic E-state index is 0.375. The molecular formula is C13H22ClN3. The van der Waals surface area contributed by atoms with Crippen molar-refractivity contribution in [3.8, 4) is 0 Å². The van der Waals surface area contributed by atoms with Gasteiger partial charge >= 0.3 is 0 Å². The van der Waals surface area contributed by atoms with Gasteiger partial charge in [-0.1, -0.05) is 34.1 Å².